The second-order valence-electron chi connectivity index (χ2n) is 24.3. The summed E-state index contributed by atoms with van der Waals surface area (Å²) in [6, 6.07) is 55.1. The number of carbonyl (C=O) groups excluding carboxylic acids is 2. The monoisotopic (exact) mass is 1000 g/mol. The smallest absolute Gasteiger partial charge is 0.457 e. The van der Waals surface area contributed by atoms with Gasteiger partial charge in [-0.2, -0.15) is 0 Å². The minimum atomic E-state index is -0.585. The van der Waals surface area contributed by atoms with E-state index in [-0.39, 0.29) is 54.2 Å². The Kier molecular flexibility index (Phi) is 13.8. The van der Waals surface area contributed by atoms with E-state index < -0.39 is 22.3 Å². The SMILES string of the molecule is C=CC[C@H]1CN(C2(c3ccccc3)c3ccccc3-c3ccccc32)[C@@H]1C(=O)OC(C)(C)C.CC(C)(C)OC(=O)[C@@H]1[C@@H](CCCB2OC(C)(C)C(C)(C)O2)CN1C1(c2ccccc2)c2ccccc2-c2ccccc21. The molecule has 3 saturated heterocycles. The van der Waals surface area contributed by atoms with Crippen LogP contribution in [0.2, 0.25) is 6.32 Å². The van der Waals surface area contributed by atoms with E-state index in [0.29, 0.717) is 0 Å². The predicted molar refractivity (Wildman–Crippen MR) is 301 cm³/mol. The summed E-state index contributed by atoms with van der Waals surface area (Å²) in [6.45, 7) is 25.6. The molecule has 6 aromatic rings. The molecule has 6 aromatic carbocycles. The van der Waals surface area contributed by atoms with Gasteiger partial charge in [-0.05, 0) is 150 Å². The number of likely N-dealkylation sites (tertiary alicyclic amines) is 2. The predicted octanol–water partition coefficient (Wildman–Crippen LogP) is 13.7. The molecule has 9 heteroatoms. The van der Waals surface area contributed by atoms with Crippen molar-refractivity contribution in [2.75, 3.05) is 13.1 Å². The number of fused-ring (bicyclic) bond motifs is 6. The fourth-order valence-corrected chi connectivity index (χ4v) is 12.9. The van der Waals surface area contributed by atoms with Crippen LogP contribution in [0.3, 0.4) is 0 Å². The van der Waals surface area contributed by atoms with Crippen LogP contribution in [0, 0.1) is 11.8 Å². The summed E-state index contributed by atoms with van der Waals surface area (Å²) < 4.78 is 24.6. The fourth-order valence-electron chi connectivity index (χ4n) is 12.9. The largest absolute Gasteiger partial charge is 0.459 e. The second kappa shape index (κ2) is 19.8. The molecule has 11 rings (SSSR count). The first kappa shape index (κ1) is 52.4. The van der Waals surface area contributed by atoms with E-state index in [1.165, 1.54) is 55.6 Å². The molecular formula is C66H75BN2O6. The minimum absolute atomic E-state index is 0.147. The van der Waals surface area contributed by atoms with Crippen molar-refractivity contribution < 1.29 is 28.4 Å². The third-order valence-electron chi connectivity index (χ3n) is 16.6. The van der Waals surface area contributed by atoms with E-state index in [4.69, 9.17) is 18.8 Å². The summed E-state index contributed by atoms with van der Waals surface area (Å²) >= 11 is 0. The molecule has 2 aliphatic carbocycles. The molecule has 8 nitrogen and oxygen atoms in total. The summed E-state index contributed by atoms with van der Waals surface area (Å²) in [7, 11) is -0.226. The average Bonchev–Trinajstić information content (AvgIpc) is 3.99. The van der Waals surface area contributed by atoms with Gasteiger partial charge in [0, 0.05) is 19.0 Å². The van der Waals surface area contributed by atoms with E-state index in [2.05, 4.69) is 196 Å². The lowest BCUT2D eigenvalue weighted by Gasteiger charge is -2.56. The van der Waals surface area contributed by atoms with Crippen LogP contribution in [0.5, 0.6) is 0 Å². The number of hydrogen-bond donors (Lipinski definition) is 0. The third-order valence-corrected chi connectivity index (χ3v) is 16.6. The molecule has 0 saturated carbocycles. The summed E-state index contributed by atoms with van der Waals surface area (Å²) in [4.78, 5) is 32.5. The summed E-state index contributed by atoms with van der Waals surface area (Å²) in [5.74, 6) is 0.0463. The molecule has 0 bridgehead atoms. The Morgan fingerprint density at radius 2 is 0.880 bits per heavy atom. The number of ether oxygens (including phenoxy) is 2. The van der Waals surface area contributed by atoms with Crippen LogP contribution in [0.1, 0.15) is 122 Å². The molecule has 3 aliphatic heterocycles. The van der Waals surface area contributed by atoms with Gasteiger partial charge in [-0.3, -0.25) is 19.4 Å². The molecular weight excluding hydrogens is 928 g/mol. The molecule has 3 fully saturated rings. The van der Waals surface area contributed by atoms with E-state index >= 15 is 0 Å². The van der Waals surface area contributed by atoms with Crippen molar-refractivity contribution in [3.05, 3.63) is 204 Å². The fraction of sp³-hybridized carbons (Fsp3) is 0.394. The molecule has 0 spiro atoms. The second-order valence-corrected chi connectivity index (χ2v) is 24.3. The highest BCUT2D eigenvalue weighted by atomic mass is 16.7. The summed E-state index contributed by atoms with van der Waals surface area (Å²) in [5.41, 5.74) is 9.23. The van der Waals surface area contributed by atoms with Crippen molar-refractivity contribution in [1.29, 1.82) is 0 Å². The van der Waals surface area contributed by atoms with E-state index in [1.54, 1.807) is 0 Å². The first-order chi connectivity index (χ1) is 35.7. The van der Waals surface area contributed by atoms with Crippen LogP contribution in [0.25, 0.3) is 22.3 Å². The number of hydrogen-bond acceptors (Lipinski definition) is 8. The minimum Gasteiger partial charge on any atom is -0.459 e. The van der Waals surface area contributed by atoms with Gasteiger partial charge in [0.15, 0.2) is 0 Å². The zero-order chi connectivity index (χ0) is 53.1. The lowest BCUT2D eigenvalue weighted by molar-refractivity contribution is -0.178. The number of nitrogens with zero attached hydrogens (tertiary/aromatic N) is 2. The lowest BCUT2D eigenvalue weighted by atomic mass is 9.71. The molecule has 3 heterocycles. The van der Waals surface area contributed by atoms with Gasteiger partial charge in [-0.15, -0.1) is 6.58 Å². The highest BCUT2D eigenvalue weighted by Gasteiger charge is 2.61. The maximum absolute atomic E-state index is 14.1. The topological polar surface area (TPSA) is 77.5 Å². The van der Waals surface area contributed by atoms with Crippen LogP contribution >= 0.6 is 0 Å². The van der Waals surface area contributed by atoms with E-state index in [1.807, 2.05) is 53.7 Å². The number of allylic oxidation sites excluding steroid dienone is 1. The third kappa shape index (κ3) is 9.11. The van der Waals surface area contributed by atoms with Crippen LogP contribution in [-0.2, 0) is 39.4 Å². The molecule has 0 amide bonds. The highest BCUT2D eigenvalue weighted by molar-refractivity contribution is 6.45. The van der Waals surface area contributed by atoms with Crippen LogP contribution in [-0.4, -0.2) is 76.4 Å². The van der Waals surface area contributed by atoms with Crippen molar-refractivity contribution >= 4 is 19.1 Å². The number of benzene rings is 6. The molecule has 0 N–H and O–H groups in total. The van der Waals surface area contributed by atoms with Crippen molar-refractivity contribution in [2.45, 2.75) is 140 Å². The van der Waals surface area contributed by atoms with E-state index in [0.717, 1.165) is 38.7 Å². The Morgan fingerprint density at radius 1 is 0.547 bits per heavy atom. The van der Waals surface area contributed by atoms with Crippen molar-refractivity contribution in [3.63, 3.8) is 0 Å². The Labute approximate surface area is 446 Å². The summed E-state index contributed by atoms with van der Waals surface area (Å²) in [5, 5.41) is 0. The normalized spacial score (nSPS) is 22.5. The zero-order valence-electron chi connectivity index (χ0n) is 45.8. The molecule has 388 valence electrons. The van der Waals surface area contributed by atoms with Crippen molar-refractivity contribution in [2.24, 2.45) is 11.8 Å². The van der Waals surface area contributed by atoms with Crippen LogP contribution < -0.4 is 0 Å². The zero-order valence-corrected chi connectivity index (χ0v) is 45.8. The Bertz CT molecular complexity index is 2960. The highest BCUT2D eigenvalue weighted by Crippen LogP contribution is 2.59. The van der Waals surface area contributed by atoms with Crippen LogP contribution in [0.4, 0.5) is 0 Å². The van der Waals surface area contributed by atoms with Gasteiger partial charge < -0.3 is 18.8 Å². The number of esters is 2. The standard InChI is InChI=1S/C36H44BNO4.C30H31NO2/c1-33(2,3)40-32(39)31-25(16-15-23-37-41-34(4,5)35(6,7)42-37)24-38(31)36(26-17-9-8-10-18-26)29-21-13-11-19-27(29)28-20-12-14-22-30(28)36;1-5-13-21-20-31(27(21)28(32)33-29(2,3)4)30(22-14-7-6-8-15-22)25-18-11-9-16-23(25)24-17-10-12-19-26(24)30/h8-14,17-22,25,31H,15-16,23-24H2,1-7H3;5-12,14-19,21,27H,1,13,20H2,2-4H3/t25-,31-;21-,27-/m00/s1. The maximum atomic E-state index is 14.1. The van der Waals surface area contributed by atoms with Gasteiger partial charge in [0.05, 0.1) is 22.3 Å². The molecule has 0 aromatic heterocycles. The molecule has 75 heavy (non-hydrogen) atoms. The molecule has 0 radical (unpaired) electrons. The molecule has 0 unspecified atom stereocenters. The van der Waals surface area contributed by atoms with Gasteiger partial charge in [0.1, 0.15) is 23.3 Å². The Morgan fingerprint density at radius 3 is 1.24 bits per heavy atom. The summed E-state index contributed by atoms with van der Waals surface area (Å²) in [6.07, 6.45) is 5.33. The van der Waals surface area contributed by atoms with Crippen molar-refractivity contribution in [3.8, 4) is 22.3 Å². The quantitative estimate of drug-likeness (QED) is 0.0682. The lowest BCUT2D eigenvalue weighted by Crippen LogP contribution is -2.68. The average molecular weight is 1000 g/mol. The van der Waals surface area contributed by atoms with Crippen LogP contribution in [0.15, 0.2) is 170 Å². The first-order valence-electron chi connectivity index (χ1n) is 27.2. The van der Waals surface area contributed by atoms with Gasteiger partial charge in [0.2, 0.25) is 0 Å². The first-order valence-corrected chi connectivity index (χ1v) is 27.2. The number of rotatable bonds is 12. The van der Waals surface area contributed by atoms with Crippen molar-refractivity contribution in [1.82, 2.24) is 9.80 Å². The molecule has 5 aliphatic rings. The maximum Gasteiger partial charge on any atom is 0.457 e. The van der Waals surface area contributed by atoms with E-state index in [9.17, 15) is 9.59 Å². The Hall–Kier alpha value is -6.10. The van der Waals surface area contributed by atoms with Gasteiger partial charge in [-0.25, -0.2) is 0 Å². The van der Waals surface area contributed by atoms with Gasteiger partial charge in [-0.1, -0.05) is 170 Å². The van der Waals surface area contributed by atoms with Gasteiger partial charge >= 0.3 is 19.1 Å². The number of carbonyl (C=O) groups is 2. The molecule has 4 atom stereocenters. The van der Waals surface area contributed by atoms with Gasteiger partial charge in [0.25, 0.3) is 0 Å². The Balaban J connectivity index is 0.000000176.